The first kappa shape index (κ1) is 43.0. The van der Waals surface area contributed by atoms with Gasteiger partial charge >= 0.3 is 0 Å². The molecule has 310 valence electrons. The molecule has 0 saturated heterocycles. The Kier molecular flexibility index (Phi) is 14.2. The third-order valence-electron chi connectivity index (χ3n) is 10.5. The molecule has 0 bridgehead atoms. The molecule has 0 radical (unpaired) electrons. The maximum atomic E-state index is 4.51. The van der Waals surface area contributed by atoms with Crippen LogP contribution >= 0.6 is 0 Å². The Morgan fingerprint density at radius 3 is 1.47 bits per heavy atom. The molecule has 17 nitrogen and oxygen atoms in total. The normalized spacial score (nSPS) is 18.6. The molecule has 9 rings (SSSR count). The van der Waals surface area contributed by atoms with Crippen LogP contribution in [0.1, 0.15) is 103 Å². The van der Waals surface area contributed by atoms with Crippen molar-refractivity contribution in [1.82, 2.24) is 84.0 Å². The van der Waals surface area contributed by atoms with Crippen LogP contribution in [0.2, 0.25) is 0 Å². The minimum absolute atomic E-state index is 0. The Balaban J connectivity index is 0.000000183. The van der Waals surface area contributed by atoms with Gasteiger partial charge in [-0.25, -0.2) is 4.98 Å². The lowest BCUT2D eigenvalue weighted by Crippen LogP contribution is -2.34. The lowest BCUT2D eigenvalue weighted by Gasteiger charge is -2.30. The highest BCUT2D eigenvalue weighted by molar-refractivity contribution is 5.52. The lowest BCUT2D eigenvalue weighted by atomic mass is 10.2. The van der Waals surface area contributed by atoms with Crippen LogP contribution in [-0.4, -0.2) is 112 Å². The van der Waals surface area contributed by atoms with Crippen molar-refractivity contribution in [3.63, 3.8) is 0 Å². The summed E-state index contributed by atoms with van der Waals surface area (Å²) in [5.74, 6) is 5.79. The number of nitrogens with one attached hydrogen (secondary N) is 1. The maximum absolute atomic E-state index is 4.51. The van der Waals surface area contributed by atoms with Crippen LogP contribution in [-0.2, 0) is 33.7 Å². The standard InChI is InChI=1S/2C12H18N6.C12H15N5.2C2H6.H2/c2*1-8-7-10(17(4)15-8)12-14-13-11-9(2)16(3)5-6-18(11)12;1-8-4-3-5-10(14-8)12-16-15-11-9(2)13-6-7-17(11)12;2*1-2;/h2*7,9H,5-6H2,1-4H3;3-5,9,13H,6-7H2,1-2H3;2*1-2H3;1H/t3*9-;;;/m101.../s1. The molecule has 0 amide bonds. The van der Waals surface area contributed by atoms with Crippen molar-refractivity contribution >= 4 is 0 Å². The van der Waals surface area contributed by atoms with E-state index in [2.05, 4.69) is 122 Å². The molecule has 0 aliphatic carbocycles. The summed E-state index contributed by atoms with van der Waals surface area (Å²) in [7, 11) is 8.14. The molecule has 57 heavy (non-hydrogen) atoms. The van der Waals surface area contributed by atoms with E-state index in [0.717, 1.165) is 108 Å². The van der Waals surface area contributed by atoms with Crippen LogP contribution in [0.25, 0.3) is 34.6 Å². The van der Waals surface area contributed by atoms with Gasteiger partial charge in [-0.2, -0.15) is 10.2 Å². The molecule has 3 aliphatic rings. The van der Waals surface area contributed by atoms with E-state index in [9.17, 15) is 0 Å². The minimum Gasteiger partial charge on any atom is -0.307 e. The van der Waals surface area contributed by atoms with Gasteiger partial charge in [0, 0.05) is 60.5 Å². The van der Waals surface area contributed by atoms with Crippen LogP contribution in [0.3, 0.4) is 0 Å². The third kappa shape index (κ3) is 9.05. The number of aryl methyl sites for hydroxylation is 5. The minimum atomic E-state index is 0. The second kappa shape index (κ2) is 18.9. The largest absolute Gasteiger partial charge is 0.307 e. The number of likely N-dealkylation sites (N-methyl/N-ethyl adjacent to an activating group) is 2. The summed E-state index contributed by atoms with van der Waals surface area (Å²) in [6, 6.07) is 11.0. The molecular formula is C40H65N17. The molecule has 17 heteroatoms. The number of nitrogens with zero attached hydrogens (tertiary/aromatic N) is 16. The van der Waals surface area contributed by atoms with Gasteiger partial charge in [0.25, 0.3) is 0 Å². The highest BCUT2D eigenvalue weighted by Gasteiger charge is 2.29. The van der Waals surface area contributed by atoms with Crippen molar-refractivity contribution in [2.45, 2.75) is 107 Å². The summed E-state index contributed by atoms with van der Waals surface area (Å²) in [5.41, 5.74) is 5.97. The van der Waals surface area contributed by atoms with E-state index in [4.69, 9.17) is 0 Å². The molecule has 6 aromatic rings. The average molecular weight is 784 g/mol. The van der Waals surface area contributed by atoms with E-state index in [1.807, 2.05) is 90.1 Å². The molecular weight excluding hydrogens is 719 g/mol. The lowest BCUT2D eigenvalue weighted by molar-refractivity contribution is 0.206. The van der Waals surface area contributed by atoms with Crippen molar-refractivity contribution in [1.29, 1.82) is 0 Å². The maximum Gasteiger partial charge on any atom is 0.182 e. The van der Waals surface area contributed by atoms with E-state index in [1.165, 1.54) is 0 Å². The average Bonchev–Trinajstić information content (AvgIpc) is 4.04. The molecule has 9 heterocycles. The first-order valence-electron chi connectivity index (χ1n) is 20.3. The Bertz CT molecular complexity index is 2100. The number of aromatic nitrogens is 14. The molecule has 3 atom stereocenters. The molecule has 0 fully saturated rings. The fourth-order valence-electron chi connectivity index (χ4n) is 7.20. The number of fused-ring (bicyclic) bond motifs is 3. The molecule has 1 N–H and O–H groups in total. The van der Waals surface area contributed by atoms with Crippen molar-refractivity contribution in [2.75, 3.05) is 33.7 Å². The first-order valence-corrected chi connectivity index (χ1v) is 20.3. The predicted octanol–water partition coefficient (Wildman–Crippen LogP) is 5.60. The molecule has 0 unspecified atom stereocenters. The van der Waals surface area contributed by atoms with E-state index in [0.29, 0.717) is 12.1 Å². The topological polar surface area (TPSA) is 159 Å². The van der Waals surface area contributed by atoms with Crippen LogP contribution in [0.4, 0.5) is 0 Å². The molecule has 0 aromatic carbocycles. The van der Waals surface area contributed by atoms with E-state index >= 15 is 0 Å². The summed E-state index contributed by atoms with van der Waals surface area (Å²) in [4.78, 5) is 9.09. The summed E-state index contributed by atoms with van der Waals surface area (Å²) in [6.45, 7) is 26.2. The summed E-state index contributed by atoms with van der Waals surface area (Å²) < 4.78 is 10.3. The second-order valence-corrected chi connectivity index (χ2v) is 14.3. The zero-order chi connectivity index (χ0) is 41.6. The monoisotopic (exact) mass is 784 g/mol. The molecule has 6 aromatic heterocycles. The van der Waals surface area contributed by atoms with E-state index < -0.39 is 0 Å². The van der Waals surface area contributed by atoms with Crippen molar-refractivity contribution in [3.05, 3.63) is 64.9 Å². The van der Waals surface area contributed by atoms with Gasteiger partial charge in [-0.3, -0.25) is 19.2 Å². The fraction of sp³-hybridized carbons (Fsp3) is 0.575. The Morgan fingerprint density at radius 2 is 1.02 bits per heavy atom. The van der Waals surface area contributed by atoms with Gasteiger partial charge < -0.3 is 19.0 Å². The zero-order valence-electron chi connectivity index (χ0n) is 36.5. The Morgan fingerprint density at radius 1 is 0.561 bits per heavy atom. The van der Waals surface area contributed by atoms with E-state index in [-0.39, 0.29) is 7.47 Å². The molecule has 0 saturated carbocycles. The van der Waals surface area contributed by atoms with Gasteiger partial charge in [0.05, 0.1) is 29.5 Å². The molecule has 3 aliphatic heterocycles. The van der Waals surface area contributed by atoms with E-state index in [1.54, 1.807) is 0 Å². The smallest absolute Gasteiger partial charge is 0.182 e. The van der Waals surface area contributed by atoms with Gasteiger partial charge in [0.2, 0.25) is 0 Å². The number of hydrogen-bond acceptors (Lipinski definition) is 12. The predicted molar refractivity (Wildman–Crippen MR) is 225 cm³/mol. The quantitative estimate of drug-likeness (QED) is 0.237. The Hall–Kier alpha value is -5.13. The van der Waals surface area contributed by atoms with Crippen LogP contribution in [0, 0.1) is 20.8 Å². The van der Waals surface area contributed by atoms with Crippen molar-refractivity contribution in [3.8, 4) is 34.6 Å². The van der Waals surface area contributed by atoms with Gasteiger partial charge in [0.15, 0.2) is 17.5 Å². The third-order valence-corrected chi connectivity index (χ3v) is 10.5. The SMILES string of the molecule is CC.CC.Cc1cc(-c2nnc3n2CCN(C)[C@@H]3C)n(C)n1.Cc1cc(-c2nnc3n2CCN(C)[C@H]3C)n(C)n1.Cc1cccc(-c2nnc3n2CCN[C@@H]3C)n1.[HH]. The summed E-state index contributed by atoms with van der Waals surface area (Å²) in [6.07, 6.45) is 0. The van der Waals surface area contributed by atoms with Crippen LogP contribution in [0.5, 0.6) is 0 Å². The van der Waals surface area contributed by atoms with Crippen molar-refractivity contribution < 1.29 is 1.43 Å². The van der Waals surface area contributed by atoms with Crippen LogP contribution in [0.15, 0.2) is 30.3 Å². The van der Waals surface area contributed by atoms with Crippen LogP contribution < -0.4 is 5.32 Å². The van der Waals surface area contributed by atoms with Gasteiger partial charge in [-0.05, 0) is 79.9 Å². The number of rotatable bonds is 3. The number of pyridine rings is 1. The van der Waals surface area contributed by atoms with Crippen molar-refractivity contribution in [2.24, 2.45) is 14.1 Å². The highest BCUT2D eigenvalue weighted by Crippen LogP contribution is 2.29. The summed E-state index contributed by atoms with van der Waals surface area (Å²) in [5, 5.41) is 38.0. The summed E-state index contributed by atoms with van der Waals surface area (Å²) >= 11 is 0. The second-order valence-electron chi connectivity index (χ2n) is 14.3. The zero-order valence-corrected chi connectivity index (χ0v) is 36.5. The van der Waals surface area contributed by atoms with Gasteiger partial charge in [-0.1, -0.05) is 33.8 Å². The molecule has 0 spiro atoms. The number of hydrogen-bond donors (Lipinski definition) is 1. The van der Waals surface area contributed by atoms with Gasteiger partial charge in [0.1, 0.15) is 34.6 Å². The fourth-order valence-corrected chi connectivity index (χ4v) is 7.20. The Labute approximate surface area is 339 Å². The van der Waals surface area contributed by atoms with Gasteiger partial charge in [-0.15, -0.1) is 30.6 Å². The highest BCUT2D eigenvalue weighted by atomic mass is 15.4. The first-order chi connectivity index (χ1) is 27.4.